The average molecular weight is 378 g/mol. The molecule has 2 aliphatic rings. The third kappa shape index (κ3) is 2.97. The molecule has 3 heterocycles. The number of ether oxygens (including phenoxy) is 3. The SMILES string of the molecule is COc1cc(CN[C@@H]2CCCc3c2cnn3-c2ccccn2)cc2c1OCO2. The Bertz CT molecular complexity index is 987. The molecule has 28 heavy (non-hydrogen) atoms. The van der Waals surface area contributed by atoms with Crippen LogP contribution in [0.25, 0.3) is 5.82 Å². The Hall–Kier alpha value is -3.06. The van der Waals surface area contributed by atoms with Crippen LogP contribution in [0.3, 0.4) is 0 Å². The van der Waals surface area contributed by atoms with E-state index in [4.69, 9.17) is 14.2 Å². The van der Waals surface area contributed by atoms with E-state index in [1.807, 2.05) is 41.2 Å². The fraction of sp³-hybridized carbons (Fsp3) is 0.333. The first-order valence-corrected chi connectivity index (χ1v) is 9.51. The molecule has 1 atom stereocenters. The van der Waals surface area contributed by atoms with Crippen LogP contribution >= 0.6 is 0 Å². The summed E-state index contributed by atoms with van der Waals surface area (Å²) in [7, 11) is 1.65. The number of nitrogens with one attached hydrogen (secondary N) is 1. The number of nitrogens with zero attached hydrogens (tertiary/aromatic N) is 3. The van der Waals surface area contributed by atoms with Gasteiger partial charge >= 0.3 is 0 Å². The van der Waals surface area contributed by atoms with E-state index in [0.29, 0.717) is 18.0 Å². The molecule has 0 fully saturated rings. The zero-order valence-corrected chi connectivity index (χ0v) is 15.7. The molecule has 1 aromatic carbocycles. The van der Waals surface area contributed by atoms with Gasteiger partial charge in [-0.25, -0.2) is 9.67 Å². The van der Waals surface area contributed by atoms with Gasteiger partial charge in [-0.1, -0.05) is 6.07 Å². The van der Waals surface area contributed by atoms with Crippen molar-refractivity contribution in [2.75, 3.05) is 13.9 Å². The standard InChI is InChI=1S/C21H22N4O3/c1-26-18-9-14(10-19-21(18)28-13-27-19)11-23-16-5-4-6-17-15(16)12-24-25(17)20-7-2-3-8-22-20/h2-3,7-10,12,16,23H,4-6,11,13H2,1H3/t16-/m1/s1. The third-order valence-corrected chi connectivity index (χ3v) is 5.32. The predicted molar refractivity (Wildman–Crippen MR) is 103 cm³/mol. The van der Waals surface area contributed by atoms with Gasteiger partial charge in [-0.05, 0) is 49.1 Å². The average Bonchev–Trinajstić information content (AvgIpc) is 3.39. The van der Waals surface area contributed by atoms with Crippen molar-refractivity contribution in [2.24, 2.45) is 0 Å². The van der Waals surface area contributed by atoms with Gasteiger partial charge in [0.15, 0.2) is 17.3 Å². The molecule has 1 aliphatic heterocycles. The van der Waals surface area contributed by atoms with Gasteiger partial charge in [-0.2, -0.15) is 5.10 Å². The first kappa shape index (κ1) is 17.1. The minimum atomic E-state index is 0.237. The van der Waals surface area contributed by atoms with E-state index in [1.54, 1.807) is 13.3 Å². The molecule has 7 heteroatoms. The molecule has 0 bridgehead atoms. The number of aromatic nitrogens is 3. The van der Waals surface area contributed by atoms with Crippen LogP contribution < -0.4 is 19.5 Å². The summed E-state index contributed by atoms with van der Waals surface area (Å²) < 4.78 is 18.4. The van der Waals surface area contributed by atoms with Gasteiger partial charge in [0, 0.05) is 24.3 Å². The zero-order chi connectivity index (χ0) is 18.9. The summed E-state index contributed by atoms with van der Waals surface area (Å²) in [6.07, 6.45) is 6.99. The lowest BCUT2D eigenvalue weighted by molar-refractivity contribution is 0.171. The van der Waals surface area contributed by atoms with Crippen LogP contribution in [0.1, 0.15) is 35.7 Å². The quantitative estimate of drug-likeness (QED) is 0.735. The van der Waals surface area contributed by atoms with E-state index in [1.165, 1.54) is 11.3 Å². The Labute approximate surface area is 163 Å². The molecule has 0 radical (unpaired) electrons. The van der Waals surface area contributed by atoms with Crippen LogP contribution in [0.4, 0.5) is 0 Å². The second-order valence-electron chi connectivity index (χ2n) is 7.00. The van der Waals surface area contributed by atoms with Crippen molar-refractivity contribution in [2.45, 2.75) is 31.8 Å². The lowest BCUT2D eigenvalue weighted by atomic mass is 9.92. The molecular weight excluding hydrogens is 356 g/mol. The molecule has 0 unspecified atom stereocenters. The molecule has 0 spiro atoms. The molecule has 144 valence electrons. The van der Waals surface area contributed by atoms with E-state index >= 15 is 0 Å². The van der Waals surface area contributed by atoms with Crippen molar-refractivity contribution in [3.8, 4) is 23.1 Å². The topological polar surface area (TPSA) is 70.4 Å². The predicted octanol–water partition coefficient (Wildman–Crippen LogP) is 3.17. The maximum absolute atomic E-state index is 5.53. The minimum Gasteiger partial charge on any atom is -0.493 e. The van der Waals surface area contributed by atoms with Gasteiger partial charge in [0.2, 0.25) is 12.5 Å². The molecule has 7 nitrogen and oxygen atoms in total. The van der Waals surface area contributed by atoms with Crippen LogP contribution in [0.2, 0.25) is 0 Å². The minimum absolute atomic E-state index is 0.237. The van der Waals surface area contributed by atoms with Crippen molar-refractivity contribution >= 4 is 0 Å². The summed E-state index contributed by atoms with van der Waals surface area (Å²) in [5.74, 6) is 3.00. The summed E-state index contributed by atoms with van der Waals surface area (Å²) in [5, 5.41) is 8.28. The molecule has 0 saturated heterocycles. The first-order chi connectivity index (χ1) is 13.8. The summed E-state index contributed by atoms with van der Waals surface area (Å²) in [4.78, 5) is 4.44. The summed E-state index contributed by atoms with van der Waals surface area (Å²) >= 11 is 0. The lowest BCUT2D eigenvalue weighted by Crippen LogP contribution is -2.25. The fourth-order valence-electron chi connectivity index (χ4n) is 3.97. The Kier molecular flexibility index (Phi) is 4.37. The molecule has 5 rings (SSSR count). The van der Waals surface area contributed by atoms with E-state index in [-0.39, 0.29) is 12.8 Å². The highest BCUT2D eigenvalue weighted by Crippen LogP contribution is 2.42. The van der Waals surface area contributed by atoms with E-state index in [9.17, 15) is 0 Å². The Morgan fingerprint density at radius 1 is 1.29 bits per heavy atom. The van der Waals surface area contributed by atoms with Gasteiger partial charge in [0.1, 0.15) is 0 Å². The van der Waals surface area contributed by atoms with E-state index in [2.05, 4.69) is 15.4 Å². The van der Waals surface area contributed by atoms with Crippen molar-refractivity contribution in [3.05, 3.63) is 59.5 Å². The molecular formula is C21H22N4O3. The molecule has 0 amide bonds. The largest absolute Gasteiger partial charge is 0.493 e. The van der Waals surface area contributed by atoms with Crippen LogP contribution in [0, 0.1) is 0 Å². The van der Waals surface area contributed by atoms with Gasteiger partial charge in [-0.3, -0.25) is 0 Å². The molecule has 1 aliphatic carbocycles. The number of fused-ring (bicyclic) bond motifs is 2. The zero-order valence-electron chi connectivity index (χ0n) is 15.7. The maximum Gasteiger partial charge on any atom is 0.231 e. The number of pyridine rings is 1. The number of hydrogen-bond donors (Lipinski definition) is 1. The van der Waals surface area contributed by atoms with Gasteiger partial charge in [0.25, 0.3) is 0 Å². The summed E-state index contributed by atoms with van der Waals surface area (Å²) in [5.41, 5.74) is 3.60. The smallest absolute Gasteiger partial charge is 0.231 e. The van der Waals surface area contributed by atoms with Crippen LogP contribution in [0.5, 0.6) is 17.2 Å². The normalized spacial score (nSPS) is 17.4. The van der Waals surface area contributed by atoms with Crippen molar-refractivity contribution in [3.63, 3.8) is 0 Å². The highest BCUT2D eigenvalue weighted by atomic mass is 16.7. The van der Waals surface area contributed by atoms with Gasteiger partial charge in [0.05, 0.1) is 19.0 Å². The maximum atomic E-state index is 5.53. The lowest BCUT2D eigenvalue weighted by Gasteiger charge is -2.24. The Morgan fingerprint density at radius 2 is 2.25 bits per heavy atom. The molecule has 1 N–H and O–H groups in total. The fourth-order valence-corrected chi connectivity index (χ4v) is 3.97. The van der Waals surface area contributed by atoms with Crippen molar-refractivity contribution in [1.29, 1.82) is 0 Å². The molecule has 2 aromatic heterocycles. The number of hydrogen-bond acceptors (Lipinski definition) is 6. The van der Waals surface area contributed by atoms with Crippen molar-refractivity contribution < 1.29 is 14.2 Å². The Balaban J connectivity index is 1.37. The van der Waals surface area contributed by atoms with E-state index in [0.717, 1.165) is 36.4 Å². The van der Waals surface area contributed by atoms with Crippen LogP contribution in [-0.4, -0.2) is 28.7 Å². The second-order valence-corrected chi connectivity index (χ2v) is 7.00. The van der Waals surface area contributed by atoms with Crippen molar-refractivity contribution in [1.82, 2.24) is 20.1 Å². The number of methoxy groups -OCH3 is 1. The van der Waals surface area contributed by atoms with Crippen LogP contribution in [-0.2, 0) is 13.0 Å². The van der Waals surface area contributed by atoms with E-state index < -0.39 is 0 Å². The highest BCUT2D eigenvalue weighted by molar-refractivity contribution is 5.55. The number of rotatable bonds is 5. The van der Waals surface area contributed by atoms with Crippen LogP contribution in [0.15, 0.2) is 42.7 Å². The monoisotopic (exact) mass is 378 g/mol. The van der Waals surface area contributed by atoms with Gasteiger partial charge < -0.3 is 19.5 Å². The van der Waals surface area contributed by atoms with Gasteiger partial charge in [-0.15, -0.1) is 0 Å². The second kappa shape index (κ2) is 7.16. The first-order valence-electron chi connectivity index (χ1n) is 9.51. The number of benzene rings is 1. The third-order valence-electron chi connectivity index (χ3n) is 5.32. The summed E-state index contributed by atoms with van der Waals surface area (Å²) in [6, 6.07) is 10.2. The summed E-state index contributed by atoms with van der Waals surface area (Å²) in [6.45, 7) is 0.952. The molecule has 3 aromatic rings. The Morgan fingerprint density at radius 3 is 3.11 bits per heavy atom. The highest BCUT2D eigenvalue weighted by Gasteiger charge is 2.25. The molecule has 0 saturated carbocycles.